The van der Waals surface area contributed by atoms with E-state index < -0.39 is 5.79 Å². The number of nitrogens with two attached hydrogens (primary N) is 2. The quantitative estimate of drug-likeness (QED) is 0.651. The standard InChI is InChI=1S/C12H16N4/c1-8-4-3-5-9(2)11(8)12(14)15-7-6-10(13)16-12/h3-7,15H,14H2,1-2H3,(H2,13,16). The summed E-state index contributed by atoms with van der Waals surface area (Å²) in [5.41, 5.74) is 15.1. The van der Waals surface area contributed by atoms with Crippen LogP contribution < -0.4 is 16.8 Å². The number of hydrogen-bond acceptors (Lipinski definition) is 4. The molecule has 0 fully saturated rings. The van der Waals surface area contributed by atoms with E-state index in [-0.39, 0.29) is 0 Å². The second-order valence-electron chi connectivity index (χ2n) is 4.05. The molecule has 4 heteroatoms. The fraction of sp³-hybridized carbons (Fsp3) is 0.250. The smallest absolute Gasteiger partial charge is 0.211 e. The van der Waals surface area contributed by atoms with Gasteiger partial charge in [-0.3, -0.25) is 5.73 Å². The Labute approximate surface area is 95.1 Å². The van der Waals surface area contributed by atoms with E-state index in [1.807, 2.05) is 32.0 Å². The molecule has 4 nitrogen and oxygen atoms in total. The molecular weight excluding hydrogens is 200 g/mol. The van der Waals surface area contributed by atoms with Crippen molar-refractivity contribution in [1.29, 1.82) is 0 Å². The SMILES string of the molecule is Cc1cccc(C)c1C1(N)N=C(N)C=CN1. The van der Waals surface area contributed by atoms with Crippen LogP contribution in [0.2, 0.25) is 0 Å². The van der Waals surface area contributed by atoms with Crippen LogP contribution in [-0.4, -0.2) is 5.84 Å². The van der Waals surface area contributed by atoms with Gasteiger partial charge in [0.15, 0.2) is 0 Å². The Morgan fingerprint density at radius 3 is 2.44 bits per heavy atom. The predicted octanol–water partition coefficient (Wildman–Crippen LogP) is 0.847. The maximum atomic E-state index is 6.24. The van der Waals surface area contributed by atoms with Crippen LogP contribution in [-0.2, 0) is 5.79 Å². The molecule has 1 aliphatic rings. The number of amidine groups is 1. The van der Waals surface area contributed by atoms with E-state index in [2.05, 4.69) is 10.3 Å². The van der Waals surface area contributed by atoms with Gasteiger partial charge in [0.05, 0.1) is 0 Å². The molecule has 5 N–H and O–H groups in total. The molecule has 0 saturated heterocycles. The van der Waals surface area contributed by atoms with Gasteiger partial charge < -0.3 is 11.1 Å². The Morgan fingerprint density at radius 1 is 1.25 bits per heavy atom. The van der Waals surface area contributed by atoms with Gasteiger partial charge in [0.1, 0.15) is 5.84 Å². The van der Waals surface area contributed by atoms with Crippen molar-refractivity contribution in [2.75, 3.05) is 0 Å². The summed E-state index contributed by atoms with van der Waals surface area (Å²) in [6, 6.07) is 6.04. The second kappa shape index (κ2) is 3.64. The minimum atomic E-state index is -0.950. The second-order valence-corrected chi connectivity index (χ2v) is 4.05. The zero-order valence-corrected chi connectivity index (χ0v) is 9.49. The number of benzene rings is 1. The van der Waals surface area contributed by atoms with Crippen molar-refractivity contribution in [3.63, 3.8) is 0 Å². The van der Waals surface area contributed by atoms with Gasteiger partial charge in [-0.1, -0.05) is 18.2 Å². The average Bonchev–Trinajstić information content (AvgIpc) is 2.16. The molecule has 0 aromatic heterocycles. The number of aryl methyl sites for hydroxylation is 2. The lowest BCUT2D eigenvalue weighted by Crippen LogP contribution is -2.50. The molecule has 0 radical (unpaired) electrons. The molecule has 1 aliphatic heterocycles. The zero-order chi connectivity index (χ0) is 11.8. The lowest BCUT2D eigenvalue weighted by molar-refractivity contribution is 0.405. The van der Waals surface area contributed by atoms with Crippen LogP contribution in [0.5, 0.6) is 0 Å². The fourth-order valence-corrected chi connectivity index (χ4v) is 2.07. The van der Waals surface area contributed by atoms with Crippen LogP contribution in [0.15, 0.2) is 35.5 Å². The van der Waals surface area contributed by atoms with Gasteiger partial charge in [0.2, 0.25) is 5.79 Å². The molecule has 1 unspecified atom stereocenters. The summed E-state index contributed by atoms with van der Waals surface area (Å²) < 4.78 is 0. The first-order valence-corrected chi connectivity index (χ1v) is 5.18. The molecule has 0 aliphatic carbocycles. The molecule has 0 spiro atoms. The lowest BCUT2D eigenvalue weighted by Gasteiger charge is -2.31. The summed E-state index contributed by atoms with van der Waals surface area (Å²) in [6.45, 7) is 4.03. The normalized spacial score (nSPS) is 23.8. The molecule has 0 bridgehead atoms. The van der Waals surface area contributed by atoms with Crippen molar-refractivity contribution in [2.45, 2.75) is 19.6 Å². The molecule has 1 atom stereocenters. The first-order chi connectivity index (χ1) is 7.53. The van der Waals surface area contributed by atoms with Crippen LogP contribution >= 0.6 is 0 Å². The summed E-state index contributed by atoms with van der Waals surface area (Å²) in [5, 5.41) is 3.05. The number of aliphatic imine (C=N–C) groups is 1. The number of rotatable bonds is 1. The van der Waals surface area contributed by atoms with E-state index in [1.54, 1.807) is 12.3 Å². The third-order valence-corrected chi connectivity index (χ3v) is 2.73. The number of nitrogens with zero attached hydrogens (tertiary/aromatic N) is 1. The fourth-order valence-electron chi connectivity index (χ4n) is 2.07. The van der Waals surface area contributed by atoms with Gasteiger partial charge in [0, 0.05) is 11.8 Å². The molecule has 2 rings (SSSR count). The van der Waals surface area contributed by atoms with E-state index in [1.165, 1.54) is 0 Å². The first-order valence-electron chi connectivity index (χ1n) is 5.18. The highest BCUT2D eigenvalue weighted by atomic mass is 15.3. The summed E-state index contributed by atoms with van der Waals surface area (Å²) in [6.07, 6.45) is 3.42. The van der Waals surface area contributed by atoms with Gasteiger partial charge >= 0.3 is 0 Å². The Kier molecular flexibility index (Phi) is 2.44. The number of hydrogen-bond donors (Lipinski definition) is 3. The Hall–Kier alpha value is -1.81. The van der Waals surface area contributed by atoms with E-state index in [4.69, 9.17) is 11.5 Å². The van der Waals surface area contributed by atoms with Crippen LogP contribution in [0.25, 0.3) is 0 Å². The van der Waals surface area contributed by atoms with Gasteiger partial charge in [-0.2, -0.15) is 0 Å². The maximum Gasteiger partial charge on any atom is 0.211 e. The number of nitrogens with one attached hydrogen (secondary N) is 1. The van der Waals surface area contributed by atoms with Crippen LogP contribution in [0.1, 0.15) is 16.7 Å². The van der Waals surface area contributed by atoms with Crippen LogP contribution in [0.3, 0.4) is 0 Å². The van der Waals surface area contributed by atoms with E-state index in [0.717, 1.165) is 16.7 Å². The van der Waals surface area contributed by atoms with Gasteiger partial charge in [-0.25, -0.2) is 4.99 Å². The van der Waals surface area contributed by atoms with Gasteiger partial charge in [-0.15, -0.1) is 0 Å². The van der Waals surface area contributed by atoms with Crippen molar-refractivity contribution in [2.24, 2.45) is 16.5 Å². The van der Waals surface area contributed by atoms with E-state index >= 15 is 0 Å². The highest BCUT2D eigenvalue weighted by molar-refractivity contribution is 5.92. The van der Waals surface area contributed by atoms with Crippen molar-refractivity contribution < 1.29 is 0 Å². The average molecular weight is 216 g/mol. The highest BCUT2D eigenvalue weighted by Gasteiger charge is 2.30. The largest absolute Gasteiger partial charge is 0.384 e. The predicted molar refractivity (Wildman–Crippen MR) is 65.7 cm³/mol. The Morgan fingerprint density at radius 2 is 1.88 bits per heavy atom. The maximum absolute atomic E-state index is 6.24. The highest BCUT2D eigenvalue weighted by Crippen LogP contribution is 2.25. The monoisotopic (exact) mass is 216 g/mol. The van der Waals surface area contributed by atoms with E-state index in [0.29, 0.717) is 5.84 Å². The molecule has 0 saturated carbocycles. The molecular formula is C12H16N4. The third-order valence-electron chi connectivity index (χ3n) is 2.73. The minimum Gasteiger partial charge on any atom is -0.384 e. The van der Waals surface area contributed by atoms with E-state index in [9.17, 15) is 0 Å². The summed E-state index contributed by atoms with van der Waals surface area (Å²) in [7, 11) is 0. The first kappa shape index (κ1) is 10.7. The van der Waals surface area contributed by atoms with Crippen molar-refractivity contribution >= 4 is 5.84 Å². The van der Waals surface area contributed by atoms with Gasteiger partial charge in [0.25, 0.3) is 0 Å². The molecule has 84 valence electrons. The summed E-state index contributed by atoms with van der Waals surface area (Å²) in [4.78, 5) is 4.28. The topological polar surface area (TPSA) is 76.4 Å². The summed E-state index contributed by atoms with van der Waals surface area (Å²) in [5.74, 6) is -0.516. The van der Waals surface area contributed by atoms with Crippen LogP contribution in [0.4, 0.5) is 0 Å². The minimum absolute atomic E-state index is 0.434. The molecule has 1 aromatic carbocycles. The molecule has 16 heavy (non-hydrogen) atoms. The zero-order valence-electron chi connectivity index (χ0n) is 9.49. The Balaban J connectivity index is 2.56. The van der Waals surface area contributed by atoms with Crippen molar-refractivity contribution in [3.8, 4) is 0 Å². The van der Waals surface area contributed by atoms with Gasteiger partial charge in [-0.05, 0) is 31.1 Å². The lowest BCUT2D eigenvalue weighted by atomic mass is 9.96. The summed E-state index contributed by atoms with van der Waals surface area (Å²) >= 11 is 0. The molecule has 0 amide bonds. The van der Waals surface area contributed by atoms with Crippen LogP contribution in [0, 0.1) is 13.8 Å². The molecule has 1 heterocycles. The van der Waals surface area contributed by atoms with Crippen molar-refractivity contribution in [1.82, 2.24) is 5.32 Å². The Bertz CT molecular complexity index is 456. The third kappa shape index (κ3) is 1.67. The van der Waals surface area contributed by atoms with Crippen molar-refractivity contribution in [3.05, 3.63) is 47.2 Å². The molecule has 1 aromatic rings.